The van der Waals surface area contributed by atoms with E-state index in [-0.39, 0.29) is 12.4 Å². The summed E-state index contributed by atoms with van der Waals surface area (Å²) in [5.41, 5.74) is 6.19. The van der Waals surface area contributed by atoms with Gasteiger partial charge in [-0.15, -0.1) is 0 Å². The fourth-order valence-electron chi connectivity index (χ4n) is 2.30. The van der Waals surface area contributed by atoms with Crippen molar-refractivity contribution in [3.05, 3.63) is 35.1 Å². The van der Waals surface area contributed by atoms with Gasteiger partial charge in [-0.05, 0) is 18.7 Å². The predicted octanol–water partition coefficient (Wildman–Crippen LogP) is 1.17. The predicted molar refractivity (Wildman–Crippen MR) is 73.5 cm³/mol. The summed E-state index contributed by atoms with van der Waals surface area (Å²) in [4.78, 5) is 15.2. The lowest BCUT2D eigenvalue weighted by Crippen LogP contribution is -2.44. The van der Waals surface area contributed by atoms with Gasteiger partial charge in [0.2, 0.25) is 0 Å². The summed E-state index contributed by atoms with van der Waals surface area (Å²) in [7, 11) is 2.09. The highest BCUT2D eigenvalue weighted by atomic mass is 19.1. The lowest BCUT2D eigenvalue weighted by Gasteiger charge is -2.32. The number of ether oxygens (including phenoxy) is 1. The molecule has 20 heavy (non-hydrogen) atoms. The SMILES string of the molecule is CN1CCN(Cc2cccc(F)c2COC(N)=O)CC1. The van der Waals surface area contributed by atoms with Gasteiger partial charge in [0.1, 0.15) is 12.4 Å². The number of primary amides is 1. The molecule has 1 aromatic rings. The second kappa shape index (κ2) is 6.67. The van der Waals surface area contributed by atoms with Gasteiger partial charge in [-0.3, -0.25) is 4.90 Å². The molecule has 1 amide bonds. The molecule has 6 heteroatoms. The summed E-state index contributed by atoms with van der Waals surface area (Å²) in [6.07, 6.45) is -0.890. The fourth-order valence-corrected chi connectivity index (χ4v) is 2.30. The highest BCUT2D eigenvalue weighted by Crippen LogP contribution is 2.17. The maximum absolute atomic E-state index is 13.9. The van der Waals surface area contributed by atoms with E-state index in [1.807, 2.05) is 6.07 Å². The topological polar surface area (TPSA) is 58.8 Å². The number of nitrogens with zero attached hydrogens (tertiary/aromatic N) is 2. The molecule has 1 aromatic carbocycles. The summed E-state index contributed by atoms with van der Waals surface area (Å²) >= 11 is 0. The molecule has 0 spiro atoms. The van der Waals surface area contributed by atoms with Crippen LogP contribution in [0.5, 0.6) is 0 Å². The molecule has 0 unspecified atom stereocenters. The van der Waals surface area contributed by atoms with Gasteiger partial charge in [-0.25, -0.2) is 9.18 Å². The Bertz CT molecular complexity index is 473. The minimum absolute atomic E-state index is 0.120. The Morgan fingerprint density at radius 3 is 2.70 bits per heavy atom. The molecular weight excluding hydrogens is 261 g/mol. The molecule has 0 atom stereocenters. The normalized spacial score (nSPS) is 17.1. The van der Waals surface area contributed by atoms with Crippen LogP contribution in [0.15, 0.2) is 18.2 Å². The van der Waals surface area contributed by atoms with Crippen molar-refractivity contribution in [2.75, 3.05) is 33.2 Å². The molecule has 5 nitrogen and oxygen atoms in total. The number of hydrogen-bond acceptors (Lipinski definition) is 4. The van der Waals surface area contributed by atoms with Gasteiger partial charge in [0, 0.05) is 38.3 Å². The molecule has 1 saturated heterocycles. The van der Waals surface area contributed by atoms with Crippen LogP contribution in [0.1, 0.15) is 11.1 Å². The fraction of sp³-hybridized carbons (Fsp3) is 0.500. The number of halogens is 1. The molecule has 0 radical (unpaired) electrons. The Labute approximate surface area is 118 Å². The van der Waals surface area contributed by atoms with Crippen LogP contribution < -0.4 is 5.73 Å². The second-order valence-electron chi connectivity index (χ2n) is 5.06. The summed E-state index contributed by atoms with van der Waals surface area (Å²) in [5, 5.41) is 0. The quantitative estimate of drug-likeness (QED) is 0.900. The van der Waals surface area contributed by atoms with Crippen molar-refractivity contribution in [2.45, 2.75) is 13.2 Å². The third-order valence-electron chi connectivity index (χ3n) is 3.56. The van der Waals surface area contributed by atoms with Crippen LogP contribution in [0.3, 0.4) is 0 Å². The first-order chi connectivity index (χ1) is 9.56. The zero-order valence-electron chi connectivity index (χ0n) is 11.6. The van der Waals surface area contributed by atoms with Crippen LogP contribution in [0.2, 0.25) is 0 Å². The zero-order valence-corrected chi connectivity index (χ0v) is 11.6. The number of carbonyl (C=O) groups is 1. The lowest BCUT2D eigenvalue weighted by atomic mass is 10.1. The van der Waals surface area contributed by atoms with Crippen LogP contribution in [0.25, 0.3) is 0 Å². The summed E-state index contributed by atoms with van der Waals surface area (Å²) < 4.78 is 18.6. The highest BCUT2D eigenvalue weighted by molar-refractivity contribution is 5.64. The van der Waals surface area contributed by atoms with Gasteiger partial charge < -0.3 is 15.4 Å². The molecule has 0 aromatic heterocycles. The third-order valence-corrected chi connectivity index (χ3v) is 3.56. The van der Waals surface area contributed by atoms with Crippen LogP contribution in [0.4, 0.5) is 9.18 Å². The molecule has 1 aliphatic rings. The number of nitrogens with two attached hydrogens (primary N) is 1. The third kappa shape index (κ3) is 3.91. The van der Waals surface area contributed by atoms with Crippen molar-refractivity contribution in [1.29, 1.82) is 0 Å². The largest absolute Gasteiger partial charge is 0.445 e. The van der Waals surface area contributed by atoms with E-state index >= 15 is 0 Å². The number of rotatable bonds is 4. The second-order valence-corrected chi connectivity index (χ2v) is 5.06. The van der Waals surface area contributed by atoms with Gasteiger partial charge in [-0.1, -0.05) is 12.1 Å². The minimum atomic E-state index is -0.890. The molecule has 1 aliphatic heterocycles. The van der Waals surface area contributed by atoms with Crippen molar-refractivity contribution in [3.63, 3.8) is 0 Å². The molecule has 0 aliphatic carbocycles. The smallest absolute Gasteiger partial charge is 0.404 e. The Kier molecular flexibility index (Phi) is 4.92. The van der Waals surface area contributed by atoms with Crippen molar-refractivity contribution in [3.8, 4) is 0 Å². The van der Waals surface area contributed by atoms with E-state index in [2.05, 4.69) is 16.8 Å². The summed E-state index contributed by atoms with van der Waals surface area (Å²) in [5.74, 6) is -0.363. The molecule has 0 bridgehead atoms. The molecule has 1 heterocycles. The van der Waals surface area contributed by atoms with E-state index in [0.29, 0.717) is 12.1 Å². The van der Waals surface area contributed by atoms with Crippen molar-refractivity contribution in [1.82, 2.24) is 9.80 Å². The van der Waals surface area contributed by atoms with Gasteiger partial charge in [-0.2, -0.15) is 0 Å². The maximum Gasteiger partial charge on any atom is 0.404 e. The van der Waals surface area contributed by atoms with E-state index in [0.717, 1.165) is 31.7 Å². The summed E-state index contributed by atoms with van der Waals surface area (Å²) in [6, 6.07) is 4.91. The molecule has 1 fully saturated rings. The Balaban J connectivity index is 2.06. The van der Waals surface area contributed by atoms with Crippen molar-refractivity contribution in [2.24, 2.45) is 5.73 Å². The van der Waals surface area contributed by atoms with Crippen LogP contribution in [-0.4, -0.2) is 49.1 Å². The van der Waals surface area contributed by atoms with E-state index < -0.39 is 6.09 Å². The van der Waals surface area contributed by atoms with Crippen molar-refractivity contribution >= 4 is 6.09 Å². The monoisotopic (exact) mass is 281 g/mol. The first-order valence-corrected chi connectivity index (χ1v) is 6.65. The summed E-state index contributed by atoms with van der Waals surface area (Å²) in [6.45, 7) is 4.44. The van der Waals surface area contributed by atoms with Crippen LogP contribution in [0, 0.1) is 5.82 Å². The van der Waals surface area contributed by atoms with Crippen molar-refractivity contribution < 1.29 is 13.9 Å². The van der Waals surface area contributed by atoms with E-state index in [4.69, 9.17) is 10.5 Å². The van der Waals surface area contributed by atoms with Gasteiger partial charge in [0.25, 0.3) is 0 Å². The number of benzene rings is 1. The van der Waals surface area contributed by atoms with Crippen LogP contribution >= 0.6 is 0 Å². The van der Waals surface area contributed by atoms with E-state index in [9.17, 15) is 9.18 Å². The number of amides is 1. The maximum atomic E-state index is 13.9. The number of likely N-dealkylation sites (N-methyl/N-ethyl adjacent to an activating group) is 1. The molecular formula is C14H20FN3O2. The minimum Gasteiger partial charge on any atom is -0.445 e. The average molecular weight is 281 g/mol. The standard InChI is InChI=1S/C14H20FN3O2/c1-17-5-7-18(8-6-17)9-11-3-2-4-13(15)12(11)10-20-14(16)19/h2-4H,5-10H2,1H3,(H2,16,19). The molecule has 110 valence electrons. The first kappa shape index (κ1) is 14.7. The zero-order chi connectivity index (χ0) is 14.5. The Hall–Kier alpha value is -1.66. The van der Waals surface area contributed by atoms with E-state index in [1.165, 1.54) is 6.07 Å². The van der Waals surface area contributed by atoms with Crippen LogP contribution in [-0.2, 0) is 17.9 Å². The number of hydrogen-bond donors (Lipinski definition) is 1. The van der Waals surface area contributed by atoms with E-state index in [1.54, 1.807) is 6.07 Å². The van der Waals surface area contributed by atoms with Gasteiger partial charge in [0.05, 0.1) is 0 Å². The average Bonchev–Trinajstić information content (AvgIpc) is 2.40. The lowest BCUT2D eigenvalue weighted by molar-refractivity contribution is 0.141. The Morgan fingerprint density at radius 2 is 2.05 bits per heavy atom. The Morgan fingerprint density at radius 1 is 1.35 bits per heavy atom. The number of piperazine rings is 1. The van der Waals surface area contributed by atoms with Gasteiger partial charge >= 0.3 is 6.09 Å². The molecule has 2 N–H and O–H groups in total. The highest BCUT2D eigenvalue weighted by Gasteiger charge is 2.17. The number of carbonyl (C=O) groups excluding carboxylic acids is 1. The molecule has 0 saturated carbocycles. The first-order valence-electron chi connectivity index (χ1n) is 6.65. The van der Waals surface area contributed by atoms with Gasteiger partial charge in [0.15, 0.2) is 0 Å². The molecule has 2 rings (SSSR count).